The van der Waals surface area contributed by atoms with Crippen LogP contribution in [0.3, 0.4) is 0 Å². The first-order valence-electron chi connectivity index (χ1n) is 6.87. The van der Waals surface area contributed by atoms with Crippen molar-refractivity contribution < 1.29 is 18.0 Å². The Bertz CT molecular complexity index is 512. The summed E-state index contributed by atoms with van der Waals surface area (Å²) in [7, 11) is 0. The highest BCUT2D eigenvalue weighted by Crippen LogP contribution is 2.30. The zero-order valence-electron chi connectivity index (χ0n) is 13.1. The van der Waals surface area contributed by atoms with Crippen LogP contribution in [0.25, 0.3) is 0 Å². The van der Waals surface area contributed by atoms with E-state index in [2.05, 4.69) is 15.3 Å². The summed E-state index contributed by atoms with van der Waals surface area (Å²) in [6, 6.07) is -1.17. The third kappa shape index (κ3) is 6.73. The van der Waals surface area contributed by atoms with Crippen molar-refractivity contribution >= 4 is 6.03 Å². The molecule has 0 aliphatic rings. The van der Waals surface area contributed by atoms with Crippen LogP contribution in [0.4, 0.5) is 18.0 Å². The summed E-state index contributed by atoms with van der Waals surface area (Å²) in [5.41, 5.74) is -0.0286. The molecule has 0 fully saturated rings. The molecule has 22 heavy (non-hydrogen) atoms. The van der Waals surface area contributed by atoms with E-state index in [0.29, 0.717) is 11.5 Å². The van der Waals surface area contributed by atoms with Crippen LogP contribution in [0, 0.1) is 12.3 Å². The summed E-state index contributed by atoms with van der Waals surface area (Å²) < 4.78 is 38.9. The van der Waals surface area contributed by atoms with Crippen LogP contribution in [-0.4, -0.2) is 28.2 Å². The molecule has 1 aromatic heterocycles. The highest BCUT2D eigenvalue weighted by molar-refractivity contribution is 5.74. The maximum absolute atomic E-state index is 13.0. The topological polar surface area (TPSA) is 66.9 Å². The Balaban J connectivity index is 2.60. The van der Waals surface area contributed by atoms with Gasteiger partial charge in [0.15, 0.2) is 0 Å². The van der Waals surface area contributed by atoms with E-state index in [9.17, 15) is 18.0 Å². The molecule has 8 heteroatoms. The lowest BCUT2D eigenvalue weighted by molar-refractivity contribution is -0.159. The first kappa shape index (κ1) is 18.2. The van der Waals surface area contributed by atoms with Crippen molar-refractivity contribution in [3.63, 3.8) is 0 Å². The van der Waals surface area contributed by atoms with Gasteiger partial charge in [-0.2, -0.15) is 13.2 Å². The number of alkyl halides is 3. The summed E-state index contributed by atoms with van der Waals surface area (Å²) in [4.78, 5) is 19.6. The van der Waals surface area contributed by atoms with Gasteiger partial charge in [0.2, 0.25) is 0 Å². The molecule has 0 spiro atoms. The smallest absolute Gasteiger partial charge is 0.332 e. The zero-order valence-corrected chi connectivity index (χ0v) is 13.1. The monoisotopic (exact) mass is 318 g/mol. The highest BCUT2D eigenvalue weighted by Gasteiger charge is 2.42. The number of rotatable bonds is 4. The van der Waals surface area contributed by atoms with Gasteiger partial charge in [-0.25, -0.2) is 14.8 Å². The molecular formula is C14H21F3N4O. The van der Waals surface area contributed by atoms with Gasteiger partial charge in [-0.3, -0.25) is 0 Å². The minimum Gasteiger partial charge on any atom is -0.332 e. The summed E-state index contributed by atoms with van der Waals surface area (Å²) >= 11 is 0. The van der Waals surface area contributed by atoms with Crippen molar-refractivity contribution in [2.75, 3.05) is 0 Å². The molecule has 0 bridgehead atoms. The molecule has 0 saturated heterocycles. The third-order valence-corrected chi connectivity index (χ3v) is 2.78. The number of hydrogen-bond acceptors (Lipinski definition) is 3. The van der Waals surface area contributed by atoms with Gasteiger partial charge in [-0.1, -0.05) is 20.8 Å². The van der Waals surface area contributed by atoms with E-state index < -0.39 is 23.7 Å². The number of carbonyl (C=O) groups excluding carboxylic acids is 1. The van der Waals surface area contributed by atoms with Gasteiger partial charge in [0.1, 0.15) is 11.9 Å². The summed E-state index contributed by atoms with van der Waals surface area (Å²) in [6.45, 7) is 6.79. The normalized spacial score (nSPS) is 13.6. The van der Waals surface area contributed by atoms with Crippen molar-refractivity contribution in [1.82, 2.24) is 20.6 Å². The second kappa shape index (κ2) is 6.93. The molecule has 0 unspecified atom stereocenters. The Labute approximate surface area is 127 Å². The minimum absolute atomic E-state index is 0.0370. The molecule has 0 saturated carbocycles. The summed E-state index contributed by atoms with van der Waals surface area (Å²) in [5.74, 6) is 0.528. The number of hydrogen-bond donors (Lipinski definition) is 2. The van der Waals surface area contributed by atoms with Crippen LogP contribution in [-0.2, 0) is 6.54 Å². The van der Waals surface area contributed by atoms with E-state index in [1.807, 2.05) is 5.32 Å². The Hall–Kier alpha value is -1.86. The fraction of sp³-hybridized carbons (Fsp3) is 0.643. The largest absolute Gasteiger partial charge is 0.408 e. The van der Waals surface area contributed by atoms with E-state index in [0.717, 1.165) is 0 Å². The Kier molecular flexibility index (Phi) is 5.73. The van der Waals surface area contributed by atoms with Crippen LogP contribution in [0.15, 0.2) is 12.3 Å². The van der Waals surface area contributed by atoms with Crippen LogP contribution in [0.1, 0.15) is 38.7 Å². The molecule has 1 aromatic rings. The molecule has 2 N–H and O–H groups in total. The van der Waals surface area contributed by atoms with E-state index in [1.165, 1.54) is 6.20 Å². The fourth-order valence-electron chi connectivity index (χ4n) is 1.84. The van der Waals surface area contributed by atoms with Crippen molar-refractivity contribution in [2.45, 2.75) is 52.9 Å². The first-order chi connectivity index (χ1) is 9.97. The summed E-state index contributed by atoms with van der Waals surface area (Å²) in [5, 5.41) is 4.35. The zero-order chi connectivity index (χ0) is 17.0. The standard InChI is InChI=1S/C14H21F3N4O/c1-9-18-6-5-10(20-9)8-19-12(22)21-11(14(15,16)17)7-13(2,3)4/h5-6,11H,7-8H2,1-4H3,(H2,19,21,22)/t11-/m0/s1. The molecule has 1 heterocycles. The maximum atomic E-state index is 13.0. The van der Waals surface area contributed by atoms with Crippen molar-refractivity contribution in [3.05, 3.63) is 23.8 Å². The maximum Gasteiger partial charge on any atom is 0.408 e. The second-order valence-electron chi connectivity index (χ2n) is 6.28. The lowest BCUT2D eigenvalue weighted by Crippen LogP contribution is -2.50. The predicted molar refractivity (Wildman–Crippen MR) is 76.1 cm³/mol. The van der Waals surface area contributed by atoms with Crippen LogP contribution in [0.5, 0.6) is 0 Å². The summed E-state index contributed by atoms with van der Waals surface area (Å²) in [6.07, 6.45) is -3.16. The van der Waals surface area contributed by atoms with E-state index in [4.69, 9.17) is 0 Å². The molecule has 5 nitrogen and oxygen atoms in total. The minimum atomic E-state index is -4.49. The molecular weight excluding hydrogens is 297 g/mol. The average molecular weight is 318 g/mol. The SMILES string of the molecule is Cc1nccc(CNC(=O)N[C@@H](CC(C)(C)C)C(F)(F)F)n1. The molecule has 124 valence electrons. The van der Waals surface area contributed by atoms with Gasteiger partial charge in [-0.05, 0) is 24.8 Å². The molecule has 0 radical (unpaired) electrons. The third-order valence-electron chi connectivity index (χ3n) is 2.78. The predicted octanol–water partition coefficient (Wildman–Crippen LogP) is 2.95. The number of aromatic nitrogens is 2. The Morgan fingerprint density at radius 2 is 1.95 bits per heavy atom. The highest BCUT2D eigenvalue weighted by atomic mass is 19.4. The molecule has 0 aromatic carbocycles. The molecule has 0 aliphatic carbocycles. The van der Waals surface area contributed by atoms with Gasteiger partial charge in [0.05, 0.1) is 12.2 Å². The number of amides is 2. The number of nitrogens with zero attached hydrogens (tertiary/aromatic N) is 2. The number of carbonyl (C=O) groups is 1. The second-order valence-corrected chi connectivity index (χ2v) is 6.28. The molecule has 0 aliphatic heterocycles. The Morgan fingerprint density at radius 1 is 1.32 bits per heavy atom. The molecule has 2 amide bonds. The van der Waals surface area contributed by atoms with E-state index in [-0.39, 0.29) is 13.0 Å². The first-order valence-corrected chi connectivity index (χ1v) is 6.87. The number of nitrogens with one attached hydrogen (secondary N) is 2. The molecule has 1 rings (SSSR count). The van der Waals surface area contributed by atoms with Gasteiger partial charge in [0.25, 0.3) is 0 Å². The van der Waals surface area contributed by atoms with Crippen LogP contribution in [0.2, 0.25) is 0 Å². The van der Waals surface area contributed by atoms with E-state index in [1.54, 1.807) is 33.8 Å². The lowest BCUT2D eigenvalue weighted by Gasteiger charge is -2.28. The van der Waals surface area contributed by atoms with Crippen molar-refractivity contribution in [1.29, 1.82) is 0 Å². The van der Waals surface area contributed by atoms with Gasteiger partial charge >= 0.3 is 12.2 Å². The quantitative estimate of drug-likeness (QED) is 0.897. The molecule has 1 atom stereocenters. The van der Waals surface area contributed by atoms with Crippen LogP contribution < -0.4 is 10.6 Å². The van der Waals surface area contributed by atoms with Crippen molar-refractivity contribution in [3.8, 4) is 0 Å². The van der Waals surface area contributed by atoms with Gasteiger partial charge in [0, 0.05) is 6.20 Å². The fourth-order valence-corrected chi connectivity index (χ4v) is 1.84. The van der Waals surface area contributed by atoms with Crippen molar-refractivity contribution in [2.24, 2.45) is 5.41 Å². The Morgan fingerprint density at radius 3 is 2.45 bits per heavy atom. The van der Waals surface area contributed by atoms with Gasteiger partial charge < -0.3 is 10.6 Å². The number of halogens is 3. The van der Waals surface area contributed by atoms with E-state index >= 15 is 0 Å². The number of aryl methyl sites for hydroxylation is 1. The van der Waals surface area contributed by atoms with Crippen LogP contribution >= 0.6 is 0 Å². The average Bonchev–Trinajstić information content (AvgIpc) is 2.33. The lowest BCUT2D eigenvalue weighted by atomic mass is 9.88. The number of urea groups is 1. The van der Waals surface area contributed by atoms with Gasteiger partial charge in [-0.15, -0.1) is 0 Å².